The third-order valence-corrected chi connectivity index (χ3v) is 5.78. The highest BCUT2D eigenvalue weighted by atomic mass is 35.5. The quantitative estimate of drug-likeness (QED) is 0.581. The lowest BCUT2D eigenvalue weighted by Gasteiger charge is -2.34. The summed E-state index contributed by atoms with van der Waals surface area (Å²) in [5, 5.41) is 15.8. The lowest BCUT2D eigenvalue weighted by Crippen LogP contribution is -2.47. The van der Waals surface area contributed by atoms with Gasteiger partial charge < -0.3 is 15.7 Å². The van der Waals surface area contributed by atoms with Gasteiger partial charge in [-0.2, -0.15) is 0 Å². The van der Waals surface area contributed by atoms with Crippen molar-refractivity contribution in [3.8, 4) is 5.75 Å². The Bertz CT molecular complexity index is 949. The van der Waals surface area contributed by atoms with Crippen LogP contribution in [0.15, 0.2) is 36.4 Å². The van der Waals surface area contributed by atoms with Crippen LogP contribution in [0.3, 0.4) is 0 Å². The fourth-order valence-electron chi connectivity index (χ4n) is 3.39. The number of piperidine rings is 1. The predicted molar refractivity (Wildman–Crippen MR) is 116 cm³/mol. The normalized spacial score (nSPS) is 16.1. The van der Waals surface area contributed by atoms with E-state index in [9.17, 15) is 19.1 Å². The molecule has 9 heteroatoms. The van der Waals surface area contributed by atoms with E-state index < -0.39 is 11.9 Å². The van der Waals surface area contributed by atoms with Crippen molar-refractivity contribution in [2.45, 2.75) is 25.8 Å². The van der Waals surface area contributed by atoms with Crippen LogP contribution in [-0.2, 0) is 9.59 Å². The van der Waals surface area contributed by atoms with E-state index in [1.807, 2.05) is 4.90 Å². The first-order chi connectivity index (χ1) is 14.2. The molecule has 0 aromatic heterocycles. The van der Waals surface area contributed by atoms with Crippen molar-refractivity contribution in [2.24, 2.45) is 5.92 Å². The monoisotopic (exact) mass is 453 g/mol. The number of carbonyl (C=O) groups excluding carboxylic acids is 2. The molecule has 160 valence electrons. The van der Waals surface area contributed by atoms with E-state index >= 15 is 0 Å². The number of halogens is 3. The van der Waals surface area contributed by atoms with Gasteiger partial charge in [0.25, 0.3) is 0 Å². The van der Waals surface area contributed by atoms with Gasteiger partial charge in [-0.05, 0) is 69.3 Å². The molecule has 1 aliphatic rings. The van der Waals surface area contributed by atoms with Crippen LogP contribution < -0.4 is 10.6 Å². The zero-order chi connectivity index (χ0) is 21.8. The third-order valence-electron chi connectivity index (χ3n) is 5.23. The number of phenols is 1. The standard InChI is InChI=1S/C21H22Cl2FN3O3/c1-12(20(29)25-17-4-3-15(24)11-16(17)23)27-8-6-13(7-9-27)21(30)26-18-10-14(22)2-5-19(18)28/h2-5,10-13,28H,6-9H2,1H3,(H,25,29)(H,26,30). The van der Waals surface area contributed by atoms with Gasteiger partial charge in [-0.15, -0.1) is 0 Å². The number of anilines is 2. The van der Waals surface area contributed by atoms with Crippen LogP contribution in [0.5, 0.6) is 5.75 Å². The van der Waals surface area contributed by atoms with Gasteiger partial charge >= 0.3 is 0 Å². The topological polar surface area (TPSA) is 81.7 Å². The Labute approximate surface area is 184 Å². The Morgan fingerprint density at radius 3 is 2.47 bits per heavy atom. The minimum absolute atomic E-state index is 0.0464. The van der Waals surface area contributed by atoms with Crippen molar-refractivity contribution in [3.05, 3.63) is 52.3 Å². The van der Waals surface area contributed by atoms with Crippen LogP contribution in [0, 0.1) is 11.7 Å². The van der Waals surface area contributed by atoms with Crippen molar-refractivity contribution in [2.75, 3.05) is 23.7 Å². The SMILES string of the molecule is CC(C(=O)Nc1ccc(F)cc1Cl)N1CCC(C(=O)Nc2cc(Cl)ccc2O)CC1. The molecule has 0 aliphatic carbocycles. The van der Waals surface area contributed by atoms with E-state index in [1.165, 1.54) is 30.3 Å². The number of carbonyl (C=O) groups is 2. The molecule has 1 fully saturated rings. The van der Waals surface area contributed by atoms with E-state index in [0.717, 1.165) is 6.07 Å². The molecule has 0 bridgehead atoms. The molecule has 0 radical (unpaired) electrons. The molecule has 1 saturated heterocycles. The number of rotatable bonds is 5. The molecule has 1 unspecified atom stereocenters. The maximum atomic E-state index is 13.2. The Morgan fingerprint density at radius 1 is 1.10 bits per heavy atom. The fourth-order valence-corrected chi connectivity index (χ4v) is 3.77. The van der Waals surface area contributed by atoms with E-state index in [0.29, 0.717) is 36.6 Å². The molecule has 6 nitrogen and oxygen atoms in total. The molecule has 30 heavy (non-hydrogen) atoms. The Balaban J connectivity index is 1.53. The number of aromatic hydroxyl groups is 1. The summed E-state index contributed by atoms with van der Waals surface area (Å²) < 4.78 is 13.2. The molecule has 3 rings (SSSR count). The van der Waals surface area contributed by atoms with Crippen LogP contribution >= 0.6 is 23.2 Å². The molecular weight excluding hydrogens is 432 g/mol. The fraction of sp³-hybridized carbons (Fsp3) is 0.333. The molecular formula is C21H22Cl2FN3O3. The van der Waals surface area contributed by atoms with Crippen LogP contribution in [0.4, 0.5) is 15.8 Å². The molecule has 1 atom stereocenters. The molecule has 2 aromatic carbocycles. The van der Waals surface area contributed by atoms with Crippen molar-refractivity contribution in [1.29, 1.82) is 0 Å². The van der Waals surface area contributed by atoms with Crippen LogP contribution in [0.1, 0.15) is 19.8 Å². The summed E-state index contributed by atoms with van der Waals surface area (Å²) in [6.45, 7) is 2.90. The average Bonchev–Trinajstić information content (AvgIpc) is 2.72. The minimum atomic E-state index is -0.475. The van der Waals surface area contributed by atoms with E-state index in [2.05, 4.69) is 10.6 Å². The van der Waals surface area contributed by atoms with E-state index in [4.69, 9.17) is 23.2 Å². The van der Waals surface area contributed by atoms with Gasteiger partial charge in [-0.1, -0.05) is 23.2 Å². The molecule has 3 N–H and O–H groups in total. The molecule has 0 saturated carbocycles. The second-order valence-electron chi connectivity index (χ2n) is 7.25. The largest absolute Gasteiger partial charge is 0.506 e. The molecule has 1 heterocycles. The summed E-state index contributed by atoms with van der Waals surface area (Å²) in [5.41, 5.74) is 0.629. The van der Waals surface area contributed by atoms with Gasteiger partial charge in [0.1, 0.15) is 11.6 Å². The summed E-state index contributed by atoms with van der Waals surface area (Å²) in [6.07, 6.45) is 1.14. The lowest BCUT2D eigenvalue weighted by atomic mass is 9.94. The third kappa shape index (κ3) is 5.41. The number of hydrogen-bond acceptors (Lipinski definition) is 4. The summed E-state index contributed by atoms with van der Waals surface area (Å²) in [6, 6.07) is 7.82. The van der Waals surface area contributed by atoms with Gasteiger partial charge in [-0.25, -0.2) is 4.39 Å². The van der Waals surface area contributed by atoms with Crippen molar-refractivity contribution in [3.63, 3.8) is 0 Å². The van der Waals surface area contributed by atoms with E-state index in [1.54, 1.807) is 6.92 Å². The summed E-state index contributed by atoms with van der Waals surface area (Å²) >= 11 is 11.9. The second kappa shape index (κ2) is 9.64. The molecule has 1 aliphatic heterocycles. The van der Waals surface area contributed by atoms with Gasteiger partial charge in [0.05, 0.1) is 22.4 Å². The number of phenolic OH excluding ortho intramolecular Hbond substituents is 1. The number of hydrogen-bond donors (Lipinski definition) is 3. The highest BCUT2D eigenvalue weighted by Crippen LogP contribution is 2.29. The summed E-state index contributed by atoms with van der Waals surface area (Å²) in [7, 11) is 0. The van der Waals surface area contributed by atoms with Gasteiger partial charge in [0.15, 0.2) is 0 Å². The Morgan fingerprint density at radius 2 is 1.80 bits per heavy atom. The van der Waals surface area contributed by atoms with Crippen LogP contribution in [0.25, 0.3) is 0 Å². The number of benzene rings is 2. The predicted octanol–water partition coefficient (Wildman–Crippen LogP) is 4.52. The maximum absolute atomic E-state index is 13.2. The van der Waals surface area contributed by atoms with E-state index in [-0.39, 0.29) is 34.2 Å². The Hall–Kier alpha value is -2.35. The zero-order valence-electron chi connectivity index (χ0n) is 16.3. The van der Waals surface area contributed by atoms with Crippen LogP contribution in [-0.4, -0.2) is 41.0 Å². The second-order valence-corrected chi connectivity index (χ2v) is 8.09. The maximum Gasteiger partial charge on any atom is 0.241 e. The first-order valence-corrected chi connectivity index (χ1v) is 10.3. The number of likely N-dealkylation sites (tertiary alicyclic amines) is 1. The molecule has 0 spiro atoms. The Kier molecular flexibility index (Phi) is 7.18. The number of nitrogens with one attached hydrogen (secondary N) is 2. The minimum Gasteiger partial charge on any atom is -0.506 e. The van der Waals surface area contributed by atoms with Gasteiger partial charge in [-0.3, -0.25) is 14.5 Å². The highest BCUT2D eigenvalue weighted by molar-refractivity contribution is 6.33. The average molecular weight is 454 g/mol. The zero-order valence-corrected chi connectivity index (χ0v) is 17.8. The first kappa shape index (κ1) is 22.3. The lowest BCUT2D eigenvalue weighted by molar-refractivity contribution is -0.123. The molecule has 2 aromatic rings. The highest BCUT2D eigenvalue weighted by Gasteiger charge is 2.30. The van der Waals surface area contributed by atoms with Gasteiger partial charge in [0.2, 0.25) is 11.8 Å². The number of nitrogens with zero attached hydrogens (tertiary/aromatic N) is 1. The number of amides is 2. The summed E-state index contributed by atoms with van der Waals surface area (Å²) in [5.74, 6) is -1.20. The first-order valence-electron chi connectivity index (χ1n) is 9.54. The smallest absolute Gasteiger partial charge is 0.241 e. The van der Waals surface area contributed by atoms with Crippen molar-refractivity contribution in [1.82, 2.24) is 4.90 Å². The van der Waals surface area contributed by atoms with Crippen LogP contribution in [0.2, 0.25) is 10.0 Å². The summed E-state index contributed by atoms with van der Waals surface area (Å²) in [4.78, 5) is 27.1. The van der Waals surface area contributed by atoms with Crippen molar-refractivity contribution >= 4 is 46.4 Å². The van der Waals surface area contributed by atoms with Crippen molar-refractivity contribution < 1.29 is 19.1 Å². The van der Waals surface area contributed by atoms with Gasteiger partial charge in [0, 0.05) is 10.9 Å². The molecule has 2 amide bonds.